The highest BCUT2D eigenvalue weighted by atomic mass is 16.5. The second-order valence-electron chi connectivity index (χ2n) is 7.15. The summed E-state index contributed by atoms with van der Waals surface area (Å²) in [6.45, 7) is 7.06. The van der Waals surface area contributed by atoms with Gasteiger partial charge in [0.25, 0.3) is 0 Å². The molecule has 3 aliphatic heterocycles. The van der Waals surface area contributed by atoms with Crippen molar-refractivity contribution < 1.29 is 4.52 Å². The van der Waals surface area contributed by atoms with Crippen molar-refractivity contribution >= 4 is 16.8 Å². The first-order chi connectivity index (χ1) is 12.2. The monoisotopic (exact) mass is 335 g/mol. The standard InChI is InChI=1S/C19H21N5O/c1-12-13(2)20-11-21-19(12)23-8-14-7-15(9-23)24(14)10-17-16-5-3-4-6-18(16)25-22-17/h3-6,11,14-15H,7-10H2,1-2H3. The summed E-state index contributed by atoms with van der Waals surface area (Å²) in [5.41, 5.74) is 4.18. The van der Waals surface area contributed by atoms with Gasteiger partial charge in [-0.3, -0.25) is 4.90 Å². The van der Waals surface area contributed by atoms with E-state index in [1.807, 2.05) is 25.1 Å². The molecule has 1 aromatic carbocycles. The zero-order valence-corrected chi connectivity index (χ0v) is 14.5. The number of hydrogen-bond donors (Lipinski definition) is 0. The van der Waals surface area contributed by atoms with Crippen LogP contribution in [0.1, 0.15) is 23.4 Å². The molecule has 0 aliphatic carbocycles. The van der Waals surface area contributed by atoms with Crippen LogP contribution in [0.2, 0.25) is 0 Å². The Hall–Kier alpha value is -2.47. The van der Waals surface area contributed by atoms with Gasteiger partial charge in [-0.25, -0.2) is 9.97 Å². The summed E-state index contributed by atoms with van der Waals surface area (Å²) in [5, 5.41) is 5.43. The first kappa shape index (κ1) is 14.8. The Balaban J connectivity index is 1.34. The molecule has 3 saturated heterocycles. The lowest BCUT2D eigenvalue weighted by atomic mass is 9.87. The van der Waals surface area contributed by atoms with Gasteiger partial charge in [-0.05, 0) is 32.4 Å². The average molecular weight is 335 g/mol. The Morgan fingerprint density at radius 1 is 1.12 bits per heavy atom. The second-order valence-corrected chi connectivity index (χ2v) is 7.15. The first-order valence-electron chi connectivity index (χ1n) is 8.83. The average Bonchev–Trinajstić information content (AvgIpc) is 3.05. The second kappa shape index (κ2) is 5.52. The van der Waals surface area contributed by atoms with E-state index < -0.39 is 0 Å². The third kappa shape index (κ3) is 2.32. The zero-order valence-electron chi connectivity index (χ0n) is 14.5. The van der Waals surface area contributed by atoms with Gasteiger partial charge in [-0.15, -0.1) is 0 Å². The topological polar surface area (TPSA) is 58.3 Å². The van der Waals surface area contributed by atoms with E-state index in [0.29, 0.717) is 12.1 Å². The molecule has 3 aromatic rings. The fourth-order valence-electron chi connectivity index (χ4n) is 4.19. The van der Waals surface area contributed by atoms with Crippen molar-refractivity contribution in [3.8, 4) is 0 Å². The van der Waals surface area contributed by atoms with E-state index in [2.05, 4.69) is 37.9 Å². The number of nitrogens with zero attached hydrogens (tertiary/aromatic N) is 5. The van der Waals surface area contributed by atoms with E-state index >= 15 is 0 Å². The largest absolute Gasteiger partial charge is 0.356 e. The third-order valence-electron chi connectivity index (χ3n) is 5.74. The van der Waals surface area contributed by atoms with Crippen LogP contribution < -0.4 is 4.90 Å². The highest BCUT2D eigenvalue weighted by Gasteiger charge is 2.45. The first-order valence-corrected chi connectivity index (χ1v) is 8.83. The zero-order chi connectivity index (χ0) is 17.0. The predicted molar refractivity (Wildman–Crippen MR) is 95.5 cm³/mol. The minimum absolute atomic E-state index is 0.559. The normalized spacial score (nSPS) is 23.0. The van der Waals surface area contributed by atoms with Crippen molar-refractivity contribution in [2.75, 3.05) is 18.0 Å². The highest BCUT2D eigenvalue weighted by molar-refractivity contribution is 5.79. The maximum Gasteiger partial charge on any atom is 0.167 e. The third-order valence-corrected chi connectivity index (χ3v) is 5.74. The van der Waals surface area contributed by atoms with Crippen LogP contribution >= 0.6 is 0 Å². The molecular formula is C19H21N5O. The van der Waals surface area contributed by atoms with Crippen LogP contribution in [0.5, 0.6) is 0 Å². The summed E-state index contributed by atoms with van der Waals surface area (Å²) in [4.78, 5) is 13.8. The molecule has 128 valence electrons. The molecule has 0 radical (unpaired) electrons. The molecule has 6 heteroatoms. The molecule has 5 heterocycles. The maximum atomic E-state index is 5.46. The van der Waals surface area contributed by atoms with Gasteiger partial charge in [-0.2, -0.15) is 0 Å². The van der Waals surface area contributed by atoms with Crippen molar-refractivity contribution in [2.45, 2.75) is 38.9 Å². The number of piperidine rings is 1. The fraction of sp³-hybridized carbons (Fsp3) is 0.421. The van der Waals surface area contributed by atoms with Crippen molar-refractivity contribution in [3.05, 3.63) is 47.5 Å². The number of anilines is 1. The Kier molecular flexibility index (Phi) is 3.28. The van der Waals surface area contributed by atoms with Crippen LogP contribution in [0.4, 0.5) is 5.82 Å². The van der Waals surface area contributed by atoms with E-state index in [1.54, 1.807) is 6.33 Å². The van der Waals surface area contributed by atoms with Gasteiger partial charge in [0.05, 0.1) is 0 Å². The molecule has 0 saturated carbocycles. The van der Waals surface area contributed by atoms with E-state index in [-0.39, 0.29) is 0 Å². The molecule has 2 aromatic heterocycles. The van der Waals surface area contributed by atoms with E-state index in [0.717, 1.165) is 47.8 Å². The molecule has 2 unspecified atom stereocenters. The van der Waals surface area contributed by atoms with Gasteiger partial charge in [0.1, 0.15) is 17.8 Å². The minimum Gasteiger partial charge on any atom is -0.356 e. The number of piperazine rings is 1. The number of hydrogen-bond acceptors (Lipinski definition) is 6. The Morgan fingerprint density at radius 3 is 2.76 bits per heavy atom. The van der Waals surface area contributed by atoms with Crippen molar-refractivity contribution in [1.29, 1.82) is 0 Å². The van der Waals surface area contributed by atoms with Gasteiger partial charge in [0.2, 0.25) is 0 Å². The van der Waals surface area contributed by atoms with Crippen LogP contribution in [0.15, 0.2) is 35.1 Å². The van der Waals surface area contributed by atoms with E-state index in [9.17, 15) is 0 Å². The van der Waals surface area contributed by atoms with Gasteiger partial charge in [0, 0.05) is 48.4 Å². The van der Waals surface area contributed by atoms with Crippen LogP contribution in [0.25, 0.3) is 11.0 Å². The molecule has 6 nitrogen and oxygen atoms in total. The summed E-state index contributed by atoms with van der Waals surface area (Å²) in [5.74, 6) is 1.09. The molecule has 3 fully saturated rings. The summed E-state index contributed by atoms with van der Waals surface area (Å²) in [6, 6.07) is 9.22. The van der Waals surface area contributed by atoms with Crippen LogP contribution in [-0.2, 0) is 6.54 Å². The van der Waals surface area contributed by atoms with Crippen LogP contribution in [0, 0.1) is 13.8 Å². The van der Waals surface area contributed by atoms with Crippen molar-refractivity contribution in [3.63, 3.8) is 0 Å². The highest BCUT2D eigenvalue weighted by Crippen LogP contribution is 2.36. The van der Waals surface area contributed by atoms with Gasteiger partial charge < -0.3 is 9.42 Å². The molecule has 0 spiro atoms. The van der Waals surface area contributed by atoms with Gasteiger partial charge in [0.15, 0.2) is 5.58 Å². The van der Waals surface area contributed by atoms with Crippen LogP contribution in [-0.4, -0.2) is 45.2 Å². The van der Waals surface area contributed by atoms with Gasteiger partial charge in [-0.1, -0.05) is 17.3 Å². The Bertz CT molecular complexity index is 924. The van der Waals surface area contributed by atoms with E-state index in [4.69, 9.17) is 4.52 Å². The lowest BCUT2D eigenvalue weighted by molar-refractivity contribution is -0.0100. The summed E-state index contributed by atoms with van der Waals surface area (Å²) >= 11 is 0. The number of fused-ring (bicyclic) bond motifs is 3. The van der Waals surface area contributed by atoms with E-state index in [1.165, 1.54) is 12.0 Å². The SMILES string of the molecule is Cc1ncnc(N2CC3CC(C2)N3Cc2noc3ccccc23)c1C. The fourth-order valence-corrected chi connectivity index (χ4v) is 4.19. The predicted octanol–water partition coefficient (Wildman–Crippen LogP) is 2.70. The molecular weight excluding hydrogens is 314 g/mol. The molecule has 6 rings (SSSR count). The molecule has 0 amide bonds. The minimum atomic E-state index is 0.559. The number of aromatic nitrogens is 3. The van der Waals surface area contributed by atoms with Gasteiger partial charge >= 0.3 is 0 Å². The number of rotatable bonds is 3. The Morgan fingerprint density at radius 2 is 1.92 bits per heavy atom. The number of benzene rings is 1. The summed E-state index contributed by atoms with van der Waals surface area (Å²) in [6.07, 6.45) is 2.94. The summed E-state index contributed by atoms with van der Waals surface area (Å²) in [7, 11) is 0. The van der Waals surface area contributed by atoms with Crippen molar-refractivity contribution in [2.24, 2.45) is 0 Å². The molecule has 2 bridgehead atoms. The lowest BCUT2D eigenvalue weighted by Crippen LogP contribution is -2.68. The molecule has 3 aliphatic rings. The smallest absolute Gasteiger partial charge is 0.167 e. The maximum absolute atomic E-state index is 5.46. The number of aryl methyl sites for hydroxylation is 1. The molecule has 25 heavy (non-hydrogen) atoms. The summed E-state index contributed by atoms with van der Waals surface area (Å²) < 4.78 is 5.46. The molecule has 2 atom stereocenters. The Labute approximate surface area is 146 Å². The lowest BCUT2D eigenvalue weighted by Gasteiger charge is -2.56. The quantitative estimate of drug-likeness (QED) is 0.733. The van der Waals surface area contributed by atoms with Crippen molar-refractivity contribution in [1.82, 2.24) is 20.0 Å². The van der Waals surface area contributed by atoms with Crippen LogP contribution in [0.3, 0.4) is 0 Å². The molecule has 0 N–H and O–H groups in total. The number of para-hydroxylation sites is 1.